The second-order valence-corrected chi connectivity index (χ2v) is 5.48. The van der Waals surface area contributed by atoms with Crippen LogP contribution >= 0.6 is 0 Å². The second kappa shape index (κ2) is 7.51. The zero-order valence-corrected chi connectivity index (χ0v) is 11.9. The van der Waals surface area contributed by atoms with E-state index >= 15 is 0 Å². The van der Waals surface area contributed by atoms with Crippen molar-refractivity contribution in [1.29, 1.82) is 0 Å². The zero-order chi connectivity index (χ0) is 13.5. The number of rotatable bonds is 6. The molecule has 0 bridgehead atoms. The van der Waals surface area contributed by atoms with Crippen molar-refractivity contribution in [3.05, 3.63) is 29.8 Å². The Labute approximate surface area is 116 Å². The van der Waals surface area contributed by atoms with E-state index in [4.69, 9.17) is 0 Å². The van der Waals surface area contributed by atoms with Gasteiger partial charge in [-0.05, 0) is 49.4 Å². The van der Waals surface area contributed by atoms with Gasteiger partial charge in [0.2, 0.25) is 0 Å². The normalized spacial score (nSPS) is 19.7. The average molecular weight is 262 g/mol. The van der Waals surface area contributed by atoms with Crippen LogP contribution in [0, 0.1) is 5.92 Å². The SMILES string of the molecule is CCCNCc1ccc(N2CCCC(CO)C2)cc1. The highest BCUT2D eigenvalue weighted by Gasteiger charge is 2.19. The summed E-state index contributed by atoms with van der Waals surface area (Å²) in [5.41, 5.74) is 2.63. The van der Waals surface area contributed by atoms with Crippen LogP contribution in [0.2, 0.25) is 0 Å². The van der Waals surface area contributed by atoms with Gasteiger partial charge in [0.25, 0.3) is 0 Å². The Morgan fingerprint density at radius 3 is 2.79 bits per heavy atom. The largest absolute Gasteiger partial charge is 0.396 e. The lowest BCUT2D eigenvalue weighted by molar-refractivity contribution is 0.209. The van der Waals surface area contributed by atoms with E-state index in [0.717, 1.165) is 32.6 Å². The molecule has 3 nitrogen and oxygen atoms in total. The molecule has 1 aliphatic heterocycles. The number of benzene rings is 1. The molecule has 106 valence electrons. The lowest BCUT2D eigenvalue weighted by Crippen LogP contribution is -2.36. The first-order valence-corrected chi connectivity index (χ1v) is 7.49. The van der Waals surface area contributed by atoms with E-state index in [1.807, 2.05) is 0 Å². The van der Waals surface area contributed by atoms with Crippen molar-refractivity contribution in [2.24, 2.45) is 5.92 Å². The summed E-state index contributed by atoms with van der Waals surface area (Å²) in [6, 6.07) is 8.84. The fourth-order valence-corrected chi connectivity index (χ4v) is 2.68. The predicted molar refractivity (Wildman–Crippen MR) is 80.5 cm³/mol. The lowest BCUT2D eigenvalue weighted by Gasteiger charge is -2.33. The minimum Gasteiger partial charge on any atom is -0.396 e. The quantitative estimate of drug-likeness (QED) is 0.773. The van der Waals surface area contributed by atoms with Gasteiger partial charge in [-0.2, -0.15) is 0 Å². The van der Waals surface area contributed by atoms with E-state index < -0.39 is 0 Å². The van der Waals surface area contributed by atoms with Gasteiger partial charge in [-0.3, -0.25) is 0 Å². The van der Waals surface area contributed by atoms with Crippen LogP contribution in [0.3, 0.4) is 0 Å². The van der Waals surface area contributed by atoms with Crippen molar-refractivity contribution < 1.29 is 5.11 Å². The molecule has 1 aromatic rings. The molecule has 0 amide bonds. The summed E-state index contributed by atoms with van der Waals surface area (Å²) in [7, 11) is 0. The molecule has 1 atom stereocenters. The molecular formula is C16H26N2O. The van der Waals surface area contributed by atoms with Crippen LogP contribution in [0.4, 0.5) is 5.69 Å². The molecule has 0 aromatic heterocycles. The first-order valence-electron chi connectivity index (χ1n) is 7.49. The summed E-state index contributed by atoms with van der Waals surface area (Å²) in [6.45, 7) is 6.63. The summed E-state index contributed by atoms with van der Waals surface area (Å²) in [5, 5.41) is 12.7. The smallest absolute Gasteiger partial charge is 0.0476 e. The summed E-state index contributed by atoms with van der Waals surface area (Å²) in [4.78, 5) is 2.40. The highest BCUT2D eigenvalue weighted by atomic mass is 16.3. The number of aliphatic hydroxyl groups excluding tert-OH is 1. The van der Waals surface area contributed by atoms with Gasteiger partial charge in [-0.25, -0.2) is 0 Å². The van der Waals surface area contributed by atoms with Gasteiger partial charge in [-0.15, -0.1) is 0 Å². The Balaban J connectivity index is 1.90. The van der Waals surface area contributed by atoms with E-state index in [1.54, 1.807) is 0 Å². The van der Waals surface area contributed by atoms with Crippen LogP contribution in [0.1, 0.15) is 31.7 Å². The fourth-order valence-electron chi connectivity index (χ4n) is 2.68. The number of anilines is 1. The zero-order valence-electron chi connectivity index (χ0n) is 11.9. The predicted octanol–water partition coefficient (Wildman–Crippen LogP) is 2.39. The number of hydrogen-bond donors (Lipinski definition) is 2. The van der Waals surface area contributed by atoms with Crippen LogP contribution in [0.15, 0.2) is 24.3 Å². The van der Waals surface area contributed by atoms with Gasteiger partial charge in [0, 0.05) is 31.9 Å². The summed E-state index contributed by atoms with van der Waals surface area (Å²) in [5.74, 6) is 0.444. The third kappa shape index (κ3) is 4.22. The number of nitrogens with one attached hydrogen (secondary N) is 1. The van der Waals surface area contributed by atoms with Gasteiger partial charge in [-0.1, -0.05) is 19.1 Å². The van der Waals surface area contributed by atoms with E-state index in [2.05, 4.69) is 41.4 Å². The van der Waals surface area contributed by atoms with Gasteiger partial charge in [0.1, 0.15) is 0 Å². The van der Waals surface area contributed by atoms with Crippen LogP contribution in [-0.4, -0.2) is 31.3 Å². The molecule has 1 heterocycles. The molecule has 1 fully saturated rings. The Kier molecular flexibility index (Phi) is 5.67. The molecule has 1 aliphatic rings. The number of piperidine rings is 1. The van der Waals surface area contributed by atoms with Crippen molar-refractivity contribution in [2.45, 2.75) is 32.7 Å². The molecule has 0 saturated carbocycles. The van der Waals surface area contributed by atoms with Crippen LogP contribution in [0.25, 0.3) is 0 Å². The summed E-state index contributed by atoms with van der Waals surface area (Å²) in [6.07, 6.45) is 3.52. The van der Waals surface area contributed by atoms with Crippen molar-refractivity contribution in [3.63, 3.8) is 0 Å². The molecule has 2 rings (SSSR count). The first-order chi connectivity index (χ1) is 9.33. The Morgan fingerprint density at radius 1 is 1.32 bits per heavy atom. The van der Waals surface area contributed by atoms with Crippen molar-refractivity contribution in [2.75, 3.05) is 31.1 Å². The molecule has 2 N–H and O–H groups in total. The maximum absolute atomic E-state index is 9.29. The molecule has 1 saturated heterocycles. The summed E-state index contributed by atoms with van der Waals surface area (Å²) < 4.78 is 0. The maximum Gasteiger partial charge on any atom is 0.0476 e. The van der Waals surface area contributed by atoms with Crippen LogP contribution in [0.5, 0.6) is 0 Å². The Hall–Kier alpha value is -1.06. The third-order valence-electron chi connectivity index (χ3n) is 3.83. The van der Waals surface area contributed by atoms with E-state index in [9.17, 15) is 5.11 Å². The van der Waals surface area contributed by atoms with E-state index in [-0.39, 0.29) is 0 Å². The van der Waals surface area contributed by atoms with Gasteiger partial charge >= 0.3 is 0 Å². The van der Waals surface area contributed by atoms with Crippen LogP contribution in [-0.2, 0) is 6.54 Å². The standard InChI is InChI=1S/C16H26N2O/c1-2-9-17-11-14-5-7-16(8-6-14)18-10-3-4-15(12-18)13-19/h5-8,15,17,19H,2-4,9-13H2,1H3. The molecule has 1 aromatic carbocycles. The number of hydrogen-bond acceptors (Lipinski definition) is 3. The monoisotopic (exact) mass is 262 g/mol. The van der Waals surface area contributed by atoms with Gasteiger partial charge in [0.05, 0.1) is 0 Å². The average Bonchev–Trinajstić information content (AvgIpc) is 2.48. The second-order valence-electron chi connectivity index (χ2n) is 5.48. The number of nitrogens with zero attached hydrogens (tertiary/aromatic N) is 1. The Bertz CT molecular complexity index is 364. The maximum atomic E-state index is 9.29. The van der Waals surface area contributed by atoms with E-state index in [0.29, 0.717) is 12.5 Å². The highest BCUT2D eigenvalue weighted by Crippen LogP contribution is 2.23. The molecule has 0 aliphatic carbocycles. The molecular weight excluding hydrogens is 236 g/mol. The number of aliphatic hydroxyl groups is 1. The van der Waals surface area contributed by atoms with Crippen molar-refractivity contribution in [1.82, 2.24) is 5.32 Å². The summed E-state index contributed by atoms with van der Waals surface area (Å²) >= 11 is 0. The third-order valence-corrected chi connectivity index (χ3v) is 3.83. The Morgan fingerprint density at radius 2 is 2.11 bits per heavy atom. The minimum atomic E-state index is 0.315. The minimum absolute atomic E-state index is 0.315. The molecule has 19 heavy (non-hydrogen) atoms. The fraction of sp³-hybridized carbons (Fsp3) is 0.625. The molecule has 3 heteroatoms. The molecule has 0 radical (unpaired) electrons. The lowest BCUT2D eigenvalue weighted by atomic mass is 9.98. The van der Waals surface area contributed by atoms with E-state index in [1.165, 1.54) is 24.1 Å². The molecule has 1 unspecified atom stereocenters. The van der Waals surface area contributed by atoms with Gasteiger partial charge < -0.3 is 15.3 Å². The highest BCUT2D eigenvalue weighted by molar-refractivity contribution is 5.48. The van der Waals surface area contributed by atoms with Crippen molar-refractivity contribution >= 4 is 5.69 Å². The van der Waals surface area contributed by atoms with Crippen molar-refractivity contribution in [3.8, 4) is 0 Å². The van der Waals surface area contributed by atoms with Gasteiger partial charge in [0.15, 0.2) is 0 Å². The first kappa shape index (κ1) is 14.4. The van der Waals surface area contributed by atoms with Crippen LogP contribution < -0.4 is 10.2 Å². The molecule has 0 spiro atoms. The topological polar surface area (TPSA) is 35.5 Å².